The largest absolute Gasteiger partial charge is 0.462 e. The molecule has 0 spiro atoms. The smallest absolute Gasteiger partial charge is 0.302 e. The summed E-state index contributed by atoms with van der Waals surface area (Å²) >= 11 is 0. The molecular weight excluding hydrogens is 452 g/mol. The quantitative estimate of drug-likeness (QED) is 0.312. The van der Waals surface area contributed by atoms with Gasteiger partial charge in [0.15, 0.2) is 0 Å². The predicted octanol–water partition coefficient (Wildman–Crippen LogP) is 6.62. The van der Waals surface area contributed by atoms with E-state index >= 15 is 0 Å². The van der Waals surface area contributed by atoms with Gasteiger partial charge in [-0.25, -0.2) is 0 Å². The zero-order valence-electron chi connectivity index (χ0n) is 24.6. The molecule has 4 aliphatic rings. The van der Waals surface area contributed by atoms with Crippen molar-refractivity contribution in [3.8, 4) is 0 Å². The lowest BCUT2D eigenvalue weighted by molar-refractivity contribution is -0.172. The molecule has 4 rings (SSSR count). The fourth-order valence-electron chi connectivity index (χ4n) is 9.23. The standard InChI is InChI=1S/C31H50O5/c1-19(9-8-15-29(4,5)34)25-12-13-26-24-11-10-22-17-23(35-20(2)32)18-28(36-21(3)33)31(22,7)27(24)14-16-30(25,26)6/h10,19,23-28,34H,8-9,11-18H2,1-7H3/t19-,23-,24+,25-,26+,27+,28+,30-,31+/m1/s1/i15D/t15?,19-,23-,24+,25-,26+,27+,28+,30-,31+. The number of esters is 2. The molecule has 1 unspecified atom stereocenters. The molecule has 0 radical (unpaired) electrons. The number of hydrogen-bond donors (Lipinski definition) is 1. The van der Waals surface area contributed by atoms with Crippen LogP contribution in [0.4, 0.5) is 0 Å². The Labute approximate surface area is 220 Å². The minimum atomic E-state index is -0.950. The van der Waals surface area contributed by atoms with Gasteiger partial charge in [0.25, 0.3) is 0 Å². The average molecular weight is 504 g/mol. The minimum Gasteiger partial charge on any atom is -0.462 e. The van der Waals surface area contributed by atoms with Crippen LogP contribution >= 0.6 is 0 Å². The third-order valence-electron chi connectivity index (χ3n) is 10.8. The van der Waals surface area contributed by atoms with Crippen molar-refractivity contribution in [2.75, 3.05) is 0 Å². The van der Waals surface area contributed by atoms with Crippen molar-refractivity contribution >= 4 is 11.9 Å². The van der Waals surface area contributed by atoms with Crippen LogP contribution in [0, 0.1) is 40.4 Å². The Hall–Kier alpha value is -1.36. The number of hydrogen-bond acceptors (Lipinski definition) is 5. The molecule has 5 nitrogen and oxygen atoms in total. The van der Waals surface area contributed by atoms with Crippen LogP contribution in [0.15, 0.2) is 11.6 Å². The number of carbonyl (C=O) groups is 2. The van der Waals surface area contributed by atoms with Crippen molar-refractivity contribution < 1.29 is 25.5 Å². The van der Waals surface area contributed by atoms with E-state index < -0.39 is 12.0 Å². The number of ether oxygens (including phenoxy) is 2. The summed E-state index contributed by atoms with van der Waals surface area (Å²) in [6.07, 6.45) is 10.4. The summed E-state index contributed by atoms with van der Waals surface area (Å²) in [6.45, 7) is 13.6. The number of fused-ring (bicyclic) bond motifs is 5. The Bertz CT molecular complexity index is 908. The highest BCUT2D eigenvalue weighted by atomic mass is 16.6. The van der Waals surface area contributed by atoms with Crippen molar-refractivity contribution in [3.63, 3.8) is 0 Å². The van der Waals surface area contributed by atoms with Crippen LogP contribution in [0.1, 0.15) is 114 Å². The van der Waals surface area contributed by atoms with Crippen molar-refractivity contribution in [1.82, 2.24) is 0 Å². The second-order valence-electron chi connectivity index (χ2n) is 13.5. The summed E-state index contributed by atoms with van der Waals surface area (Å²) in [5, 5.41) is 10.2. The maximum absolute atomic E-state index is 12.2. The number of carbonyl (C=O) groups excluding carboxylic acids is 2. The van der Waals surface area contributed by atoms with Gasteiger partial charge in [0, 0.05) is 33.5 Å². The SMILES string of the molecule is [2H]C(CC[C@@H](C)[C@H]1CC[C@H]2[C@@H]3CC=C4C[C@@H](OC(C)=O)C[C@H](OC(C)=O)[C@]4(C)[C@H]3CC[C@]12C)C(C)(C)O. The first kappa shape index (κ1) is 26.3. The van der Waals surface area contributed by atoms with Crippen LogP contribution in [0.25, 0.3) is 0 Å². The molecule has 0 aliphatic heterocycles. The van der Waals surface area contributed by atoms with Gasteiger partial charge in [0.1, 0.15) is 12.2 Å². The highest BCUT2D eigenvalue weighted by Crippen LogP contribution is 2.67. The first-order valence-corrected chi connectivity index (χ1v) is 14.4. The molecule has 0 bridgehead atoms. The second kappa shape index (κ2) is 10.1. The normalized spacial score (nSPS) is 42.1. The van der Waals surface area contributed by atoms with Crippen LogP contribution in [-0.2, 0) is 19.1 Å². The van der Waals surface area contributed by atoms with E-state index in [2.05, 4.69) is 26.8 Å². The summed E-state index contributed by atoms with van der Waals surface area (Å²) in [5.74, 6) is 2.35. The number of rotatable bonds is 7. The monoisotopic (exact) mass is 503 g/mol. The molecule has 0 amide bonds. The molecule has 204 valence electrons. The molecule has 10 atom stereocenters. The lowest BCUT2D eigenvalue weighted by Crippen LogP contribution is -2.57. The summed E-state index contributed by atoms with van der Waals surface area (Å²) < 4.78 is 20.0. The molecule has 36 heavy (non-hydrogen) atoms. The maximum Gasteiger partial charge on any atom is 0.302 e. The minimum absolute atomic E-state index is 0.207. The molecule has 0 heterocycles. The van der Waals surface area contributed by atoms with E-state index in [0.717, 1.165) is 32.1 Å². The van der Waals surface area contributed by atoms with Crippen LogP contribution in [-0.4, -0.2) is 34.9 Å². The van der Waals surface area contributed by atoms with E-state index in [9.17, 15) is 14.7 Å². The third-order valence-corrected chi connectivity index (χ3v) is 10.8. The Morgan fingerprint density at radius 3 is 2.50 bits per heavy atom. The van der Waals surface area contributed by atoms with Gasteiger partial charge in [-0.3, -0.25) is 9.59 Å². The van der Waals surface area contributed by atoms with Crippen molar-refractivity contribution in [3.05, 3.63) is 11.6 Å². The predicted molar refractivity (Wildman–Crippen MR) is 141 cm³/mol. The molecule has 0 aromatic carbocycles. The Morgan fingerprint density at radius 1 is 1.17 bits per heavy atom. The average Bonchev–Trinajstić information content (AvgIpc) is 3.14. The topological polar surface area (TPSA) is 72.8 Å². The van der Waals surface area contributed by atoms with Gasteiger partial charge >= 0.3 is 11.9 Å². The number of allylic oxidation sites excluding steroid dienone is 1. The molecule has 0 aromatic rings. The third kappa shape index (κ3) is 5.15. The van der Waals surface area contributed by atoms with Crippen LogP contribution in [0.3, 0.4) is 0 Å². The van der Waals surface area contributed by atoms with Crippen LogP contribution in [0.2, 0.25) is 0 Å². The van der Waals surface area contributed by atoms with Crippen molar-refractivity contribution in [2.45, 2.75) is 130 Å². The summed E-state index contributed by atoms with van der Waals surface area (Å²) in [4.78, 5) is 23.9. The van der Waals surface area contributed by atoms with E-state index in [0.29, 0.717) is 41.4 Å². The van der Waals surface area contributed by atoms with Gasteiger partial charge in [0.2, 0.25) is 0 Å². The summed E-state index contributed by atoms with van der Waals surface area (Å²) in [5.41, 5.74) is 0.452. The zero-order valence-corrected chi connectivity index (χ0v) is 23.6. The first-order chi connectivity index (χ1) is 17.2. The zero-order chi connectivity index (χ0) is 27.3. The molecule has 3 saturated carbocycles. The van der Waals surface area contributed by atoms with Crippen molar-refractivity contribution in [2.24, 2.45) is 40.4 Å². The second-order valence-corrected chi connectivity index (χ2v) is 13.5. The highest BCUT2D eigenvalue weighted by molar-refractivity contribution is 5.67. The first-order valence-electron chi connectivity index (χ1n) is 14.9. The van der Waals surface area contributed by atoms with Gasteiger partial charge in [-0.15, -0.1) is 0 Å². The van der Waals surface area contributed by atoms with Gasteiger partial charge in [-0.2, -0.15) is 0 Å². The van der Waals surface area contributed by atoms with E-state index in [1.165, 1.54) is 38.7 Å². The molecule has 1 N–H and O–H groups in total. The highest BCUT2D eigenvalue weighted by Gasteiger charge is 2.62. The van der Waals surface area contributed by atoms with Crippen LogP contribution < -0.4 is 0 Å². The Kier molecular flexibility index (Phi) is 7.35. The van der Waals surface area contributed by atoms with E-state index in [-0.39, 0.29) is 29.6 Å². The molecule has 0 saturated heterocycles. The van der Waals surface area contributed by atoms with Crippen LogP contribution in [0.5, 0.6) is 0 Å². The number of aliphatic hydroxyl groups is 1. The fourth-order valence-corrected chi connectivity index (χ4v) is 9.23. The van der Waals surface area contributed by atoms with E-state index in [4.69, 9.17) is 10.8 Å². The van der Waals surface area contributed by atoms with E-state index in [1.54, 1.807) is 13.8 Å². The van der Waals surface area contributed by atoms with E-state index in [1.807, 2.05) is 0 Å². The van der Waals surface area contributed by atoms with Gasteiger partial charge < -0.3 is 14.6 Å². The van der Waals surface area contributed by atoms with Gasteiger partial charge in [0.05, 0.1) is 5.60 Å². The Morgan fingerprint density at radius 2 is 1.86 bits per heavy atom. The Balaban J connectivity index is 1.54. The van der Waals surface area contributed by atoms with Gasteiger partial charge in [-0.05, 0) is 87.4 Å². The summed E-state index contributed by atoms with van der Waals surface area (Å²) in [7, 11) is 0. The molecule has 5 heteroatoms. The summed E-state index contributed by atoms with van der Waals surface area (Å²) in [6, 6.07) is 0. The molecule has 4 aliphatic carbocycles. The fraction of sp³-hybridized carbons (Fsp3) is 0.871. The van der Waals surface area contributed by atoms with Gasteiger partial charge in [-0.1, -0.05) is 45.3 Å². The lowest BCUT2D eigenvalue weighted by Gasteiger charge is -2.60. The lowest BCUT2D eigenvalue weighted by atomic mass is 9.46. The molecule has 3 fully saturated rings. The van der Waals surface area contributed by atoms with Crippen molar-refractivity contribution in [1.29, 1.82) is 0 Å². The molecular formula is C31H50O5. The molecule has 0 aromatic heterocycles. The maximum atomic E-state index is 12.2.